The minimum absolute atomic E-state index is 0. The van der Waals surface area contributed by atoms with E-state index in [0.717, 1.165) is 60.0 Å². The van der Waals surface area contributed by atoms with E-state index in [-0.39, 0.29) is 36.8 Å². The van der Waals surface area contributed by atoms with Gasteiger partial charge >= 0.3 is 0 Å². The minimum Gasteiger partial charge on any atom is -0.349 e. The first-order valence-electron chi connectivity index (χ1n) is 10.7. The lowest BCUT2D eigenvalue weighted by Gasteiger charge is -2.32. The topological polar surface area (TPSA) is 58.4 Å². The molecule has 170 valence electrons. The van der Waals surface area contributed by atoms with E-state index >= 15 is 0 Å². The summed E-state index contributed by atoms with van der Waals surface area (Å²) in [5.41, 5.74) is 3.21. The summed E-state index contributed by atoms with van der Waals surface area (Å²) in [6.45, 7) is 2.06. The number of hydrogen-bond acceptors (Lipinski definition) is 4. The molecule has 32 heavy (non-hydrogen) atoms. The molecule has 2 aliphatic rings. The van der Waals surface area contributed by atoms with Crippen LogP contribution in [0, 0.1) is 5.92 Å². The molecule has 0 bridgehead atoms. The van der Waals surface area contributed by atoms with E-state index in [2.05, 4.69) is 44.3 Å². The van der Waals surface area contributed by atoms with Crippen molar-refractivity contribution in [3.63, 3.8) is 0 Å². The lowest BCUT2D eigenvalue weighted by Crippen LogP contribution is -2.45. The maximum absolute atomic E-state index is 13.3. The first kappa shape index (κ1) is 24.6. The van der Waals surface area contributed by atoms with Gasteiger partial charge in [-0.2, -0.15) is 0 Å². The number of nitrogens with one attached hydrogen (secondary N) is 2. The molecule has 1 amide bonds. The number of pyridine rings is 1. The van der Waals surface area contributed by atoms with Crippen molar-refractivity contribution in [2.45, 2.75) is 36.8 Å². The van der Waals surface area contributed by atoms with Crippen LogP contribution in [0.5, 0.6) is 0 Å². The van der Waals surface area contributed by atoms with Crippen molar-refractivity contribution < 1.29 is 4.79 Å². The zero-order chi connectivity index (χ0) is 20.3. The smallest absolute Gasteiger partial charge is 0.258 e. The third kappa shape index (κ3) is 5.31. The monoisotopic (exact) mass is 490 g/mol. The molecule has 1 fully saturated rings. The highest BCUT2D eigenvalue weighted by Gasteiger charge is 2.27. The summed E-state index contributed by atoms with van der Waals surface area (Å²) in [6.07, 6.45) is 7.96. The van der Waals surface area contributed by atoms with Crippen LogP contribution in [-0.4, -0.2) is 34.4 Å². The second-order valence-electron chi connectivity index (χ2n) is 8.04. The van der Waals surface area contributed by atoms with E-state index in [1.807, 2.05) is 36.5 Å². The van der Waals surface area contributed by atoms with Gasteiger partial charge < -0.3 is 10.6 Å². The molecule has 1 saturated heterocycles. The van der Waals surface area contributed by atoms with Crippen LogP contribution in [-0.2, 0) is 11.2 Å². The summed E-state index contributed by atoms with van der Waals surface area (Å²) in [7, 11) is 0. The average molecular weight is 491 g/mol. The fourth-order valence-electron chi connectivity index (χ4n) is 4.48. The van der Waals surface area contributed by atoms with E-state index in [0.29, 0.717) is 5.92 Å². The van der Waals surface area contributed by atoms with Crippen LogP contribution in [0.25, 0.3) is 11.7 Å². The SMILES string of the molecule is Cl.Cl.O=C(NC(CCc1ccccc1)C1CCNCC1)C1=Cc2cnc3cccc(n23)S1. The molecule has 0 saturated carbocycles. The Labute approximate surface area is 205 Å². The normalized spacial score (nSPS) is 16.4. The van der Waals surface area contributed by atoms with Crippen LogP contribution < -0.4 is 10.6 Å². The summed E-state index contributed by atoms with van der Waals surface area (Å²) in [6, 6.07) is 16.8. The van der Waals surface area contributed by atoms with Crippen molar-refractivity contribution >= 4 is 54.2 Å². The molecule has 5 nitrogen and oxygen atoms in total. The zero-order valence-corrected chi connectivity index (χ0v) is 20.1. The summed E-state index contributed by atoms with van der Waals surface area (Å²) >= 11 is 1.52. The molecule has 0 spiro atoms. The Balaban J connectivity index is 0.00000144. The van der Waals surface area contributed by atoms with Crippen LogP contribution in [0.1, 0.15) is 30.5 Å². The van der Waals surface area contributed by atoms with Gasteiger partial charge in [-0.3, -0.25) is 9.20 Å². The third-order valence-corrected chi connectivity index (χ3v) is 7.15. The van der Waals surface area contributed by atoms with Crippen LogP contribution in [0.2, 0.25) is 0 Å². The molecular formula is C24H28Cl2N4OS. The highest BCUT2D eigenvalue weighted by atomic mass is 35.5. The number of benzene rings is 1. The Morgan fingerprint density at radius 3 is 2.69 bits per heavy atom. The number of thioether (sulfide) groups is 1. The molecule has 5 rings (SSSR count). The predicted molar refractivity (Wildman–Crippen MR) is 136 cm³/mol. The maximum atomic E-state index is 13.3. The van der Waals surface area contributed by atoms with Gasteiger partial charge in [0.05, 0.1) is 21.8 Å². The van der Waals surface area contributed by atoms with Gasteiger partial charge in [-0.05, 0) is 68.5 Å². The van der Waals surface area contributed by atoms with Crippen molar-refractivity contribution in [3.8, 4) is 0 Å². The quantitative estimate of drug-likeness (QED) is 0.523. The first-order chi connectivity index (χ1) is 14.8. The van der Waals surface area contributed by atoms with E-state index in [4.69, 9.17) is 0 Å². The van der Waals surface area contributed by atoms with Gasteiger partial charge in [0.25, 0.3) is 5.91 Å². The number of piperidine rings is 1. The maximum Gasteiger partial charge on any atom is 0.258 e. The van der Waals surface area contributed by atoms with E-state index < -0.39 is 0 Å². The molecule has 3 aromatic rings. The number of rotatable bonds is 6. The number of imidazole rings is 1. The first-order valence-corrected chi connectivity index (χ1v) is 11.5. The lowest BCUT2D eigenvalue weighted by molar-refractivity contribution is -0.117. The summed E-state index contributed by atoms with van der Waals surface area (Å²) in [5.74, 6) is 0.545. The summed E-state index contributed by atoms with van der Waals surface area (Å²) < 4.78 is 2.10. The highest BCUT2D eigenvalue weighted by molar-refractivity contribution is 8.04. The molecule has 2 aromatic heterocycles. The zero-order valence-electron chi connectivity index (χ0n) is 17.7. The average Bonchev–Trinajstić information content (AvgIpc) is 3.22. The molecule has 0 radical (unpaired) electrons. The molecule has 1 unspecified atom stereocenters. The van der Waals surface area contributed by atoms with Crippen molar-refractivity contribution in [2.24, 2.45) is 5.92 Å². The van der Waals surface area contributed by atoms with Crippen LogP contribution in [0.15, 0.2) is 64.7 Å². The Bertz CT molecular complexity index is 1080. The third-order valence-electron chi connectivity index (χ3n) is 6.09. The second kappa shape index (κ2) is 11.2. The Morgan fingerprint density at radius 1 is 1.12 bits per heavy atom. The summed E-state index contributed by atoms with van der Waals surface area (Å²) in [4.78, 5) is 18.5. The van der Waals surface area contributed by atoms with Crippen molar-refractivity contribution in [1.82, 2.24) is 20.0 Å². The molecule has 0 aliphatic carbocycles. The number of hydrogen-bond donors (Lipinski definition) is 2. The van der Waals surface area contributed by atoms with Gasteiger partial charge in [0.15, 0.2) is 0 Å². The molecular weight excluding hydrogens is 463 g/mol. The van der Waals surface area contributed by atoms with Gasteiger partial charge in [-0.1, -0.05) is 48.2 Å². The van der Waals surface area contributed by atoms with Gasteiger partial charge in [-0.25, -0.2) is 4.98 Å². The van der Waals surface area contributed by atoms with E-state index in [1.54, 1.807) is 0 Å². The van der Waals surface area contributed by atoms with Gasteiger partial charge in [0.1, 0.15) is 5.65 Å². The Kier molecular flexibility index (Phi) is 8.65. The number of amides is 1. The van der Waals surface area contributed by atoms with Gasteiger partial charge in [0, 0.05) is 6.04 Å². The van der Waals surface area contributed by atoms with Crippen LogP contribution in [0.3, 0.4) is 0 Å². The standard InChI is InChI=1S/C24H26N4OS.2ClH/c29-24(21-15-19-16-26-22-7-4-8-23(30-21)28(19)22)27-20(18-11-13-25-14-12-18)10-9-17-5-2-1-3-6-17;;/h1-8,15-16,18,20,25H,9-14H2,(H,27,29);2*1H. The predicted octanol–water partition coefficient (Wildman–Crippen LogP) is 4.74. The van der Waals surface area contributed by atoms with Gasteiger partial charge in [0.2, 0.25) is 0 Å². The fourth-order valence-corrected chi connectivity index (χ4v) is 5.47. The van der Waals surface area contributed by atoms with Crippen molar-refractivity contribution in [3.05, 3.63) is 70.9 Å². The number of nitrogens with zero attached hydrogens (tertiary/aromatic N) is 2. The molecule has 1 aromatic carbocycles. The van der Waals surface area contributed by atoms with E-state index in [1.165, 1.54) is 17.3 Å². The fraction of sp³-hybridized carbons (Fsp3) is 0.333. The highest BCUT2D eigenvalue weighted by Crippen LogP contribution is 2.34. The molecule has 4 heterocycles. The number of carbonyl (C=O) groups is 1. The number of carbonyl (C=O) groups excluding carboxylic acids is 1. The minimum atomic E-state index is 0. The second-order valence-corrected chi connectivity index (χ2v) is 9.11. The Morgan fingerprint density at radius 2 is 1.91 bits per heavy atom. The lowest BCUT2D eigenvalue weighted by atomic mass is 9.86. The molecule has 2 N–H and O–H groups in total. The number of aromatic nitrogens is 2. The van der Waals surface area contributed by atoms with E-state index in [9.17, 15) is 4.79 Å². The van der Waals surface area contributed by atoms with Crippen molar-refractivity contribution in [2.75, 3.05) is 13.1 Å². The van der Waals surface area contributed by atoms with Crippen LogP contribution >= 0.6 is 36.6 Å². The molecule has 1 atom stereocenters. The van der Waals surface area contributed by atoms with Gasteiger partial charge in [-0.15, -0.1) is 24.8 Å². The molecule has 2 aliphatic heterocycles. The number of aryl methyl sites for hydroxylation is 1. The summed E-state index contributed by atoms with van der Waals surface area (Å²) in [5, 5.41) is 7.88. The largest absolute Gasteiger partial charge is 0.349 e. The molecule has 8 heteroatoms. The number of halogens is 2. The van der Waals surface area contributed by atoms with Crippen molar-refractivity contribution in [1.29, 1.82) is 0 Å². The Hall–Kier alpha value is -1.99. The van der Waals surface area contributed by atoms with Crippen LogP contribution in [0.4, 0.5) is 0 Å².